The molecule has 2 N–H and O–H groups in total. The van der Waals surface area contributed by atoms with Gasteiger partial charge in [0.2, 0.25) is 5.91 Å². The molecule has 44 heavy (non-hydrogen) atoms. The lowest BCUT2D eigenvalue weighted by molar-refractivity contribution is -0.113. The molecule has 1 amide bonds. The summed E-state index contributed by atoms with van der Waals surface area (Å²) in [7, 11) is 5.38. The van der Waals surface area contributed by atoms with E-state index in [-0.39, 0.29) is 17.4 Å². The highest BCUT2D eigenvalue weighted by Crippen LogP contribution is 2.28. The number of amides is 1. The molecule has 6 rings (SSSR count). The molecule has 0 aliphatic heterocycles. The Morgan fingerprint density at radius 3 is 2.32 bits per heavy atom. The molecule has 1 aliphatic rings. The zero-order valence-electron chi connectivity index (χ0n) is 24.8. The number of aromatic nitrogens is 4. The molecule has 0 radical (unpaired) electrons. The van der Waals surface area contributed by atoms with Crippen molar-refractivity contribution in [3.63, 3.8) is 0 Å². The number of methoxy groups -OCH3 is 1. The molecule has 1 fully saturated rings. The van der Waals surface area contributed by atoms with Gasteiger partial charge in [-0.3, -0.25) is 14.3 Å². The largest absolute Gasteiger partial charge is 0.497 e. The van der Waals surface area contributed by atoms with Crippen LogP contribution < -0.4 is 25.8 Å². The summed E-state index contributed by atoms with van der Waals surface area (Å²) in [5.41, 5.74) is 8.35. The number of fused-ring (bicyclic) bond motifs is 1. The van der Waals surface area contributed by atoms with Crippen LogP contribution in [0.4, 0.5) is 11.5 Å². The fourth-order valence-electron chi connectivity index (χ4n) is 5.03. The molecule has 0 saturated heterocycles. The van der Waals surface area contributed by atoms with Crippen LogP contribution in [0, 0.1) is 0 Å². The van der Waals surface area contributed by atoms with Gasteiger partial charge in [-0.25, -0.2) is 19.3 Å². The van der Waals surface area contributed by atoms with E-state index in [2.05, 4.69) is 21.9 Å². The number of nitrogens with two attached hydrogens (primary N) is 1. The van der Waals surface area contributed by atoms with Gasteiger partial charge >= 0.3 is 5.69 Å². The summed E-state index contributed by atoms with van der Waals surface area (Å²) >= 11 is 0. The number of rotatable bonds is 10. The molecule has 2 aromatic heterocycles. The lowest BCUT2D eigenvalue weighted by Gasteiger charge is -2.17. The highest BCUT2D eigenvalue weighted by atomic mass is 16.5. The molecule has 5 aromatic rings. The van der Waals surface area contributed by atoms with Crippen molar-refractivity contribution < 1.29 is 14.3 Å². The van der Waals surface area contributed by atoms with Gasteiger partial charge in [0.25, 0.3) is 0 Å². The van der Waals surface area contributed by atoms with Gasteiger partial charge in [-0.2, -0.15) is 0 Å². The van der Waals surface area contributed by atoms with Crippen molar-refractivity contribution in [3.05, 3.63) is 102 Å². The van der Waals surface area contributed by atoms with Crippen LogP contribution >= 0.6 is 0 Å². The van der Waals surface area contributed by atoms with Gasteiger partial charge in [0.15, 0.2) is 11.5 Å². The van der Waals surface area contributed by atoms with Crippen LogP contribution in [0.1, 0.15) is 12.8 Å². The van der Waals surface area contributed by atoms with Crippen molar-refractivity contribution in [2.24, 2.45) is 0 Å². The number of anilines is 2. The fourth-order valence-corrected chi connectivity index (χ4v) is 5.03. The van der Waals surface area contributed by atoms with Crippen molar-refractivity contribution in [3.8, 4) is 28.6 Å². The third-order valence-corrected chi connectivity index (χ3v) is 7.67. The summed E-state index contributed by atoms with van der Waals surface area (Å²) in [5, 5.41) is 0. The minimum absolute atomic E-state index is 0.161. The van der Waals surface area contributed by atoms with Crippen LogP contribution in [0.5, 0.6) is 17.2 Å². The predicted molar refractivity (Wildman–Crippen MR) is 170 cm³/mol. The van der Waals surface area contributed by atoms with E-state index in [0.29, 0.717) is 45.8 Å². The zero-order chi connectivity index (χ0) is 30.8. The Balaban J connectivity index is 1.30. The highest BCUT2D eigenvalue weighted by molar-refractivity contribution is 6.01. The molecular formula is C33H33N7O4. The summed E-state index contributed by atoms with van der Waals surface area (Å²) in [6, 6.07) is 22.1. The van der Waals surface area contributed by atoms with E-state index in [1.54, 1.807) is 67.6 Å². The summed E-state index contributed by atoms with van der Waals surface area (Å²) in [6.07, 6.45) is 7.21. The second-order valence-electron chi connectivity index (χ2n) is 10.6. The van der Waals surface area contributed by atoms with Crippen molar-refractivity contribution in [1.29, 1.82) is 0 Å². The lowest BCUT2D eigenvalue weighted by Crippen LogP contribution is -2.26. The number of likely N-dealkylation sites (N-methyl/N-ethyl adjacent to an activating group) is 2. The number of carbonyl (C=O) groups is 1. The molecule has 0 spiro atoms. The molecule has 1 saturated carbocycles. The number of carbonyl (C=O) groups excluding carboxylic acids is 1. The molecule has 0 unspecified atom stereocenters. The predicted octanol–water partition coefficient (Wildman–Crippen LogP) is 4.57. The van der Waals surface area contributed by atoms with E-state index in [1.165, 1.54) is 28.3 Å². The van der Waals surface area contributed by atoms with E-state index in [9.17, 15) is 9.59 Å². The van der Waals surface area contributed by atoms with E-state index in [4.69, 9.17) is 15.2 Å². The average molecular weight is 592 g/mol. The first-order valence-corrected chi connectivity index (χ1v) is 14.2. The number of hydrogen-bond donors (Lipinski definition) is 1. The molecule has 0 bridgehead atoms. The topological polar surface area (TPSA) is 121 Å². The van der Waals surface area contributed by atoms with Gasteiger partial charge in [0, 0.05) is 31.4 Å². The van der Waals surface area contributed by atoms with E-state index < -0.39 is 0 Å². The van der Waals surface area contributed by atoms with Crippen LogP contribution in [0.3, 0.4) is 0 Å². The summed E-state index contributed by atoms with van der Waals surface area (Å²) in [5.74, 6) is 1.97. The second-order valence-corrected chi connectivity index (χ2v) is 10.6. The monoisotopic (exact) mass is 591 g/mol. The first-order chi connectivity index (χ1) is 21.3. The summed E-state index contributed by atoms with van der Waals surface area (Å²) in [6.45, 7) is 0.717. The van der Waals surface area contributed by atoms with E-state index in [1.807, 2.05) is 36.4 Å². The van der Waals surface area contributed by atoms with Gasteiger partial charge in [-0.15, -0.1) is 0 Å². The van der Waals surface area contributed by atoms with Crippen LogP contribution in [0.2, 0.25) is 0 Å². The third-order valence-electron chi connectivity index (χ3n) is 7.67. The zero-order valence-corrected chi connectivity index (χ0v) is 24.8. The number of benzene rings is 3. The maximum absolute atomic E-state index is 14.0. The van der Waals surface area contributed by atoms with Crippen molar-refractivity contribution in [2.75, 3.05) is 38.4 Å². The summed E-state index contributed by atoms with van der Waals surface area (Å²) in [4.78, 5) is 39.3. The van der Waals surface area contributed by atoms with Gasteiger partial charge in [0.05, 0.1) is 18.5 Å². The Kier molecular flexibility index (Phi) is 7.86. The fraction of sp³-hybridized carbons (Fsp3) is 0.212. The van der Waals surface area contributed by atoms with Gasteiger partial charge in [-0.1, -0.05) is 12.1 Å². The van der Waals surface area contributed by atoms with E-state index in [0.717, 1.165) is 12.3 Å². The molecule has 0 atom stereocenters. The van der Waals surface area contributed by atoms with Crippen molar-refractivity contribution in [2.45, 2.75) is 18.9 Å². The molecular weight excluding hydrogens is 558 g/mol. The normalized spacial score (nSPS) is 13.1. The Labute approximate surface area is 254 Å². The molecule has 3 aromatic carbocycles. The number of imidazole rings is 1. The summed E-state index contributed by atoms with van der Waals surface area (Å²) < 4.78 is 14.1. The molecule has 11 nitrogen and oxygen atoms in total. The first-order valence-electron chi connectivity index (χ1n) is 14.2. The Hall–Kier alpha value is -5.42. The maximum Gasteiger partial charge on any atom is 0.339 e. The van der Waals surface area contributed by atoms with Crippen molar-refractivity contribution >= 4 is 28.6 Å². The van der Waals surface area contributed by atoms with Gasteiger partial charge in [-0.05, 0) is 86.6 Å². The lowest BCUT2D eigenvalue weighted by atomic mass is 10.2. The number of ether oxygens (including phenoxy) is 2. The second kappa shape index (κ2) is 12.1. The Bertz CT molecular complexity index is 1890. The SMILES string of the molecule is COc1ccc(Oc2ccc(-n3c(=O)n(-c4cccc(N(C)C(=O)C=CCN(C)C5CC5)c4)c4ncnc(N)c43)cc2)cc1. The Morgan fingerprint density at radius 2 is 1.64 bits per heavy atom. The van der Waals surface area contributed by atoms with Crippen molar-refractivity contribution in [1.82, 2.24) is 24.0 Å². The minimum atomic E-state index is -0.384. The minimum Gasteiger partial charge on any atom is -0.497 e. The Morgan fingerprint density at radius 1 is 0.955 bits per heavy atom. The van der Waals surface area contributed by atoms with Crippen LogP contribution in [0.15, 0.2) is 96.1 Å². The average Bonchev–Trinajstić information content (AvgIpc) is 3.85. The van der Waals surface area contributed by atoms with Gasteiger partial charge < -0.3 is 20.1 Å². The first kappa shape index (κ1) is 28.7. The van der Waals surface area contributed by atoms with Gasteiger partial charge in [0.1, 0.15) is 29.1 Å². The quantitative estimate of drug-likeness (QED) is 0.235. The molecule has 11 heteroatoms. The smallest absolute Gasteiger partial charge is 0.339 e. The van der Waals surface area contributed by atoms with Crippen LogP contribution in [-0.2, 0) is 4.79 Å². The highest BCUT2D eigenvalue weighted by Gasteiger charge is 2.25. The van der Waals surface area contributed by atoms with E-state index >= 15 is 0 Å². The molecule has 1 aliphatic carbocycles. The number of nitrogen functional groups attached to an aromatic ring is 1. The molecule has 2 heterocycles. The van der Waals surface area contributed by atoms with Crippen LogP contribution in [0.25, 0.3) is 22.5 Å². The third kappa shape index (κ3) is 5.77. The molecule has 224 valence electrons. The van der Waals surface area contributed by atoms with Crippen LogP contribution in [-0.4, -0.2) is 63.7 Å². The standard InChI is InChI=1S/C33H33N7O4/c1-37(22-9-10-22)19-5-8-29(41)38(2)24-6-4-7-25(20-24)40-32-30(31(34)35-21-36-32)39(33(40)42)23-11-13-27(14-12-23)44-28-17-15-26(43-3)16-18-28/h4-8,11-18,20-22H,9-10,19H2,1-3H3,(H2,34,35,36). The maximum atomic E-state index is 14.0. The number of hydrogen-bond acceptors (Lipinski definition) is 8. The number of nitrogens with zero attached hydrogens (tertiary/aromatic N) is 6.